The van der Waals surface area contributed by atoms with E-state index in [1.807, 2.05) is 0 Å². The topological polar surface area (TPSA) is 49.3 Å². The molecule has 1 aliphatic carbocycles. The van der Waals surface area contributed by atoms with Crippen LogP contribution in [0.5, 0.6) is 0 Å². The molecule has 1 atom stereocenters. The Labute approximate surface area is 103 Å². The molecular formula is C11H11Cl2NO2. The Morgan fingerprint density at radius 2 is 1.94 bits per heavy atom. The molecule has 0 bridgehead atoms. The molecule has 0 saturated heterocycles. The normalized spacial score (nSPS) is 17.1. The van der Waals surface area contributed by atoms with E-state index >= 15 is 0 Å². The van der Waals surface area contributed by atoms with Gasteiger partial charge in [0.15, 0.2) is 0 Å². The number of halogens is 2. The highest BCUT2D eigenvalue weighted by molar-refractivity contribution is 6.36. The third kappa shape index (κ3) is 2.48. The third-order valence-corrected chi connectivity index (χ3v) is 3.17. The van der Waals surface area contributed by atoms with Gasteiger partial charge in [-0.05, 0) is 25.0 Å². The predicted octanol–water partition coefficient (Wildman–Crippen LogP) is 2.87. The van der Waals surface area contributed by atoms with E-state index in [9.17, 15) is 9.90 Å². The van der Waals surface area contributed by atoms with Crippen LogP contribution in [0.3, 0.4) is 0 Å². The zero-order chi connectivity index (χ0) is 11.7. The number of carboxylic acid groups (broad SMARTS) is 1. The fraction of sp³-hybridized carbons (Fsp3) is 0.364. The van der Waals surface area contributed by atoms with Gasteiger partial charge in [-0.15, -0.1) is 0 Å². The maximum atomic E-state index is 11.2. The Kier molecular flexibility index (Phi) is 3.38. The van der Waals surface area contributed by atoms with E-state index in [0.29, 0.717) is 15.6 Å². The molecule has 0 heterocycles. The molecular weight excluding hydrogens is 249 g/mol. The quantitative estimate of drug-likeness (QED) is 0.875. The number of carbonyl (C=O) groups is 1. The van der Waals surface area contributed by atoms with Crippen molar-refractivity contribution in [2.24, 2.45) is 0 Å². The molecule has 0 aromatic heterocycles. The molecule has 1 aromatic carbocycles. The summed E-state index contributed by atoms with van der Waals surface area (Å²) >= 11 is 12.0. The molecule has 0 spiro atoms. The van der Waals surface area contributed by atoms with Gasteiger partial charge in [0.05, 0.1) is 0 Å². The Bertz CT molecular complexity index is 398. The molecule has 16 heavy (non-hydrogen) atoms. The van der Waals surface area contributed by atoms with Crippen molar-refractivity contribution in [3.05, 3.63) is 33.8 Å². The van der Waals surface area contributed by atoms with Crippen LogP contribution in [0, 0.1) is 0 Å². The molecule has 0 amide bonds. The number of hydrogen-bond donors (Lipinski definition) is 2. The summed E-state index contributed by atoms with van der Waals surface area (Å²) in [4.78, 5) is 11.2. The van der Waals surface area contributed by atoms with Gasteiger partial charge in [0, 0.05) is 21.7 Å². The van der Waals surface area contributed by atoms with Gasteiger partial charge in [0.2, 0.25) is 0 Å². The van der Waals surface area contributed by atoms with Crippen molar-refractivity contribution in [2.75, 3.05) is 0 Å². The molecule has 86 valence electrons. The summed E-state index contributed by atoms with van der Waals surface area (Å²) in [6.45, 7) is 0. The van der Waals surface area contributed by atoms with E-state index in [4.69, 9.17) is 23.2 Å². The summed E-state index contributed by atoms with van der Waals surface area (Å²) in [5.41, 5.74) is 0.449. The molecule has 1 fully saturated rings. The smallest absolute Gasteiger partial charge is 0.325 e. The van der Waals surface area contributed by atoms with Gasteiger partial charge in [0.1, 0.15) is 6.04 Å². The van der Waals surface area contributed by atoms with Gasteiger partial charge in [-0.1, -0.05) is 29.3 Å². The first kappa shape index (κ1) is 11.7. The van der Waals surface area contributed by atoms with Gasteiger partial charge in [-0.2, -0.15) is 0 Å². The van der Waals surface area contributed by atoms with Crippen LogP contribution in [0.25, 0.3) is 0 Å². The third-order valence-electron chi connectivity index (χ3n) is 2.52. The van der Waals surface area contributed by atoms with Gasteiger partial charge < -0.3 is 5.11 Å². The van der Waals surface area contributed by atoms with E-state index < -0.39 is 12.0 Å². The number of rotatable bonds is 4. The van der Waals surface area contributed by atoms with E-state index in [1.165, 1.54) is 0 Å². The second-order valence-corrected chi connectivity index (χ2v) is 4.66. The lowest BCUT2D eigenvalue weighted by atomic mass is 10.1. The van der Waals surface area contributed by atoms with Crippen LogP contribution in [-0.2, 0) is 4.79 Å². The van der Waals surface area contributed by atoms with Crippen molar-refractivity contribution in [2.45, 2.75) is 24.9 Å². The molecule has 1 unspecified atom stereocenters. The summed E-state index contributed by atoms with van der Waals surface area (Å²) in [7, 11) is 0. The molecule has 1 aromatic rings. The van der Waals surface area contributed by atoms with E-state index in [0.717, 1.165) is 12.8 Å². The Morgan fingerprint density at radius 1 is 1.38 bits per heavy atom. The molecule has 2 rings (SSSR count). The minimum absolute atomic E-state index is 0.272. The SMILES string of the molecule is O=C(O)C(NC1CC1)c1c(Cl)cccc1Cl. The minimum atomic E-state index is -0.957. The first-order valence-corrected chi connectivity index (χ1v) is 5.78. The highest BCUT2D eigenvalue weighted by Gasteiger charge is 2.31. The van der Waals surface area contributed by atoms with Crippen molar-refractivity contribution in [1.82, 2.24) is 5.32 Å². The number of hydrogen-bond acceptors (Lipinski definition) is 2. The maximum Gasteiger partial charge on any atom is 0.325 e. The van der Waals surface area contributed by atoms with Crippen LogP contribution in [-0.4, -0.2) is 17.1 Å². The second kappa shape index (κ2) is 4.62. The monoisotopic (exact) mass is 259 g/mol. The highest BCUT2D eigenvalue weighted by Crippen LogP contribution is 2.33. The van der Waals surface area contributed by atoms with Crippen LogP contribution < -0.4 is 5.32 Å². The lowest BCUT2D eigenvalue weighted by Crippen LogP contribution is -2.30. The fourth-order valence-corrected chi connectivity index (χ4v) is 2.17. The van der Waals surface area contributed by atoms with Crippen molar-refractivity contribution >= 4 is 29.2 Å². The van der Waals surface area contributed by atoms with Crippen LogP contribution in [0.1, 0.15) is 24.4 Å². The van der Waals surface area contributed by atoms with Crippen molar-refractivity contribution < 1.29 is 9.90 Å². The summed E-state index contributed by atoms with van der Waals surface area (Å²) < 4.78 is 0. The Morgan fingerprint density at radius 3 is 2.38 bits per heavy atom. The Hall–Kier alpha value is -0.770. The van der Waals surface area contributed by atoms with Gasteiger partial charge in [-0.25, -0.2) is 0 Å². The largest absolute Gasteiger partial charge is 0.480 e. The van der Waals surface area contributed by atoms with Crippen LogP contribution in [0.15, 0.2) is 18.2 Å². The average molecular weight is 260 g/mol. The van der Waals surface area contributed by atoms with Crippen molar-refractivity contribution in [3.8, 4) is 0 Å². The van der Waals surface area contributed by atoms with Gasteiger partial charge in [-0.3, -0.25) is 10.1 Å². The van der Waals surface area contributed by atoms with Gasteiger partial charge >= 0.3 is 5.97 Å². The second-order valence-electron chi connectivity index (χ2n) is 3.85. The minimum Gasteiger partial charge on any atom is -0.480 e. The zero-order valence-electron chi connectivity index (χ0n) is 8.41. The summed E-state index contributed by atoms with van der Waals surface area (Å²) in [6, 6.07) is 4.44. The van der Waals surface area contributed by atoms with Crippen molar-refractivity contribution in [3.63, 3.8) is 0 Å². The first-order chi connectivity index (χ1) is 7.59. The lowest BCUT2D eigenvalue weighted by Gasteiger charge is -2.17. The van der Waals surface area contributed by atoms with E-state index in [2.05, 4.69) is 5.32 Å². The molecule has 0 aliphatic heterocycles. The van der Waals surface area contributed by atoms with E-state index in [1.54, 1.807) is 18.2 Å². The maximum absolute atomic E-state index is 11.2. The molecule has 5 heteroatoms. The molecule has 3 nitrogen and oxygen atoms in total. The lowest BCUT2D eigenvalue weighted by molar-refractivity contribution is -0.139. The average Bonchev–Trinajstić information content (AvgIpc) is 2.99. The summed E-state index contributed by atoms with van der Waals surface area (Å²) in [6.07, 6.45) is 2.01. The van der Waals surface area contributed by atoms with Gasteiger partial charge in [0.25, 0.3) is 0 Å². The van der Waals surface area contributed by atoms with Crippen LogP contribution in [0.4, 0.5) is 0 Å². The Balaban J connectivity index is 2.33. The fourth-order valence-electron chi connectivity index (χ4n) is 1.55. The van der Waals surface area contributed by atoms with E-state index in [-0.39, 0.29) is 6.04 Å². The highest BCUT2D eigenvalue weighted by atomic mass is 35.5. The van der Waals surface area contributed by atoms with Crippen LogP contribution in [0.2, 0.25) is 10.0 Å². The number of nitrogens with one attached hydrogen (secondary N) is 1. The van der Waals surface area contributed by atoms with Crippen LogP contribution >= 0.6 is 23.2 Å². The summed E-state index contributed by atoms with van der Waals surface area (Å²) in [5, 5.41) is 13.0. The standard InChI is InChI=1S/C11H11Cl2NO2/c12-7-2-1-3-8(13)9(7)10(11(15)16)14-6-4-5-6/h1-3,6,10,14H,4-5H2,(H,15,16). The van der Waals surface area contributed by atoms with Crippen molar-refractivity contribution in [1.29, 1.82) is 0 Å². The molecule has 1 saturated carbocycles. The first-order valence-electron chi connectivity index (χ1n) is 5.02. The number of benzene rings is 1. The molecule has 0 radical (unpaired) electrons. The number of carboxylic acids is 1. The summed E-state index contributed by atoms with van der Waals surface area (Å²) in [5.74, 6) is -0.957. The number of aliphatic carboxylic acids is 1. The molecule has 1 aliphatic rings. The predicted molar refractivity (Wildman–Crippen MR) is 63.0 cm³/mol. The zero-order valence-corrected chi connectivity index (χ0v) is 9.92. The molecule has 2 N–H and O–H groups in total.